The molecule has 236 valence electrons. The molecule has 0 spiro atoms. The maximum Gasteiger partial charge on any atom is 0.329 e. The fourth-order valence-corrected chi connectivity index (χ4v) is 7.51. The van der Waals surface area contributed by atoms with Crippen molar-refractivity contribution < 1.29 is 38.8 Å². The van der Waals surface area contributed by atoms with E-state index >= 15 is 0 Å². The summed E-state index contributed by atoms with van der Waals surface area (Å²) in [6.45, 7) is 14.1. The van der Waals surface area contributed by atoms with E-state index in [1.165, 1.54) is 4.90 Å². The highest BCUT2D eigenvalue weighted by Gasteiger charge is 2.54. The molecule has 2 N–H and O–H groups in total. The minimum Gasteiger partial charge on any atom is -0.460 e. The number of esters is 1. The summed E-state index contributed by atoms with van der Waals surface area (Å²) >= 11 is 0. The zero-order valence-corrected chi connectivity index (χ0v) is 26.5. The summed E-state index contributed by atoms with van der Waals surface area (Å²) in [6, 6.07) is -0.876. The summed E-state index contributed by atoms with van der Waals surface area (Å²) in [5.74, 6) is -4.44. The highest BCUT2D eigenvalue weighted by Crippen LogP contribution is 2.40. The number of hydrogen-bond acceptors (Lipinski definition) is 8. The van der Waals surface area contributed by atoms with Crippen LogP contribution in [0, 0.1) is 35.5 Å². The van der Waals surface area contributed by atoms with Gasteiger partial charge in [0.1, 0.15) is 12.1 Å². The fourth-order valence-electron chi connectivity index (χ4n) is 7.51. The molecule has 0 aromatic carbocycles. The van der Waals surface area contributed by atoms with E-state index < -0.39 is 41.5 Å². The first-order valence-corrected chi connectivity index (χ1v) is 15.9. The lowest BCUT2D eigenvalue weighted by Gasteiger charge is -2.46. The van der Waals surface area contributed by atoms with Crippen LogP contribution in [0.4, 0.5) is 0 Å². The lowest BCUT2D eigenvalue weighted by atomic mass is 9.78. The maximum atomic E-state index is 13.6. The smallest absolute Gasteiger partial charge is 0.329 e. The normalized spacial score (nSPS) is 36.2. The highest BCUT2D eigenvalue weighted by molar-refractivity contribution is 6.39. The Balaban J connectivity index is 1.71. The van der Waals surface area contributed by atoms with Crippen LogP contribution in [0.1, 0.15) is 99.8 Å². The number of ketones is 1. The van der Waals surface area contributed by atoms with E-state index in [4.69, 9.17) is 14.2 Å². The second-order valence-electron chi connectivity index (χ2n) is 13.9. The van der Waals surface area contributed by atoms with Crippen LogP contribution in [0.15, 0.2) is 0 Å². The molecule has 3 aliphatic rings. The van der Waals surface area contributed by atoms with E-state index in [-0.39, 0.29) is 48.5 Å². The van der Waals surface area contributed by atoms with E-state index in [0.717, 1.165) is 25.7 Å². The Morgan fingerprint density at radius 2 is 1.71 bits per heavy atom. The number of carbonyl (C=O) groups excluding carboxylic acids is 3. The molecule has 1 aliphatic carbocycles. The number of aliphatic hydroxyl groups is 2. The third kappa shape index (κ3) is 7.70. The summed E-state index contributed by atoms with van der Waals surface area (Å²) < 4.78 is 17.6. The van der Waals surface area contributed by atoms with Gasteiger partial charge in [-0.05, 0) is 81.0 Å². The van der Waals surface area contributed by atoms with E-state index in [0.29, 0.717) is 31.6 Å². The van der Waals surface area contributed by atoms with Gasteiger partial charge in [0.15, 0.2) is 0 Å². The maximum absolute atomic E-state index is 13.6. The van der Waals surface area contributed by atoms with Gasteiger partial charge in [-0.3, -0.25) is 9.59 Å². The molecule has 1 saturated carbocycles. The predicted octanol–water partition coefficient (Wildman–Crippen LogP) is 4.11. The third-order valence-corrected chi connectivity index (χ3v) is 9.83. The van der Waals surface area contributed by atoms with Gasteiger partial charge >= 0.3 is 5.97 Å². The quantitative estimate of drug-likeness (QED) is 0.292. The van der Waals surface area contributed by atoms with E-state index in [1.807, 2.05) is 34.6 Å². The Labute approximate surface area is 246 Å². The first-order chi connectivity index (χ1) is 19.2. The first kappa shape index (κ1) is 33.9. The molecule has 0 bridgehead atoms. The average Bonchev–Trinajstić information content (AvgIpc) is 2.93. The second-order valence-corrected chi connectivity index (χ2v) is 13.9. The molecule has 1 amide bonds. The number of piperidine rings is 1. The van der Waals surface area contributed by atoms with Crippen molar-refractivity contribution in [2.75, 3.05) is 13.7 Å². The Morgan fingerprint density at radius 3 is 2.32 bits per heavy atom. The zero-order chi connectivity index (χ0) is 30.6. The van der Waals surface area contributed by atoms with Crippen LogP contribution < -0.4 is 0 Å². The summed E-state index contributed by atoms with van der Waals surface area (Å²) in [5.41, 5.74) is 0. The molecule has 9 heteroatoms. The molecule has 3 rings (SSSR count). The predicted molar refractivity (Wildman–Crippen MR) is 155 cm³/mol. The van der Waals surface area contributed by atoms with Crippen LogP contribution in [-0.2, 0) is 28.6 Å². The third-order valence-electron chi connectivity index (χ3n) is 9.83. The van der Waals surface area contributed by atoms with Gasteiger partial charge < -0.3 is 29.3 Å². The van der Waals surface area contributed by atoms with E-state index in [9.17, 15) is 24.6 Å². The van der Waals surface area contributed by atoms with Gasteiger partial charge in [0.05, 0.1) is 18.3 Å². The highest BCUT2D eigenvalue weighted by atomic mass is 16.6. The van der Waals surface area contributed by atoms with Crippen LogP contribution in [-0.4, -0.2) is 82.7 Å². The van der Waals surface area contributed by atoms with Crippen molar-refractivity contribution in [3.8, 4) is 0 Å². The molecular weight excluding hydrogens is 526 g/mol. The van der Waals surface area contributed by atoms with E-state index in [1.54, 1.807) is 14.0 Å². The van der Waals surface area contributed by atoms with Gasteiger partial charge in [-0.25, -0.2) is 4.79 Å². The van der Waals surface area contributed by atoms with Gasteiger partial charge in [-0.1, -0.05) is 48.5 Å². The number of methoxy groups -OCH3 is 1. The van der Waals surface area contributed by atoms with Crippen molar-refractivity contribution in [1.82, 2.24) is 4.90 Å². The van der Waals surface area contributed by atoms with Crippen molar-refractivity contribution in [2.45, 2.75) is 136 Å². The Bertz CT molecular complexity index is 908. The number of amides is 1. The van der Waals surface area contributed by atoms with Crippen LogP contribution >= 0.6 is 0 Å². The monoisotopic (exact) mass is 581 g/mol. The number of rotatable bonds is 10. The molecule has 0 aromatic rings. The van der Waals surface area contributed by atoms with Crippen LogP contribution in [0.2, 0.25) is 0 Å². The van der Waals surface area contributed by atoms with Crippen molar-refractivity contribution >= 4 is 17.7 Å². The number of aliphatic hydroxyl groups excluding tert-OH is 1. The van der Waals surface area contributed by atoms with Crippen molar-refractivity contribution in [1.29, 1.82) is 0 Å². The van der Waals surface area contributed by atoms with Crippen molar-refractivity contribution in [3.05, 3.63) is 0 Å². The molecule has 0 aromatic heterocycles. The Morgan fingerprint density at radius 1 is 1.02 bits per heavy atom. The van der Waals surface area contributed by atoms with Gasteiger partial charge in [0.25, 0.3) is 11.7 Å². The standard InChI is InChI=1S/C32H55NO8/c1-18(2)27(21(6)16-23-12-13-25(34)26(17-23)39-8)40-31(37)24-11-9-10-14-33(24)30(36)29(35)32(38)22(7)15-20(5)28(41-32)19(3)4/h18-28,34,38H,9-17H2,1-8H3. The van der Waals surface area contributed by atoms with Gasteiger partial charge in [0, 0.05) is 19.6 Å². The van der Waals surface area contributed by atoms with Crippen LogP contribution in [0.5, 0.6) is 0 Å². The van der Waals surface area contributed by atoms with E-state index in [2.05, 4.69) is 6.92 Å². The van der Waals surface area contributed by atoms with Crippen molar-refractivity contribution in [2.24, 2.45) is 35.5 Å². The molecule has 2 heterocycles. The lowest BCUT2D eigenvalue weighted by molar-refractivity contribution is -0.280. The summed E-state index contributed by atoms with van der Waals surface area (Å²) in [7, 11) is 1.63. The second kappa shape index (κ2) is 14.3. The minimum absolute atomic E-state index is 0.0582. The largest absolute Gasteiger partial charge is 0.460 e. The molecule has 2 aliphatic heterocycles. The number of nitrogens with zero attached hydrogens (tertiary/aromatic N) is 1. The topological polar surface area (TPSA) is 123 Å². The molecule has 10 unspecified atom stereocenters. The summed E-state index contributed by atoms with van der Waals surface area (Å²) in [4.78, 5) is 42.1. The SMILES string of the molecule is COC1CC(CC(C)C(OC(=O)C2CCCCN2C(=O)C(=O)C2(O)OC(C(C)C)C(C)CC2C)C(C)C)CCC1O. The molecule has 3 fully saturated rings. The minimum atomic E-state index is -2.22. The number of likely N-dealkylation sites (tertiary alicyclic amines) is 1. The first-order valence-electron chi connectivity index (χ1n) is 15.9. The molecule has 0 radical (unpaired) electrons. The van der Waals surface area contributed by atoms with Gasteiger partial charge in [0.2, 0.25) is 5.79 Å². The summed E-state index contributed by atoms with van der Waals surface area (Å²) in [5, 5.41) is 21.6. The molecule has 41 heavy (non-hydrogen) atoms. The molecular formula is C32H55NO8. The Hall–Kier alpha value is -1.55. The molecule has 2 saturated heterocycles. The molecule has 10 atom stereocenters. The van der Waals surface area contributed by atoms with Crippen LogP contribution in [0.25, 0.3) is 0 Å². The number of ether oxygens (including phenoxy) is 3. The Kier molecular flexibility index (Phi) is 11.8. The molecule has 9 nitrogen and oxygen atoms in total. The van der Waals surface area contributed by atoms with Gasteiger partial charge in [-0.2, -0.15) is 0 Å². The number of Topliss-reactive ketones (excluding diaryl/α,β-unsaturated/α-hetero) is 1. The zero-order valence-electron chi connectivity index (χ0n) is 26.5. The lowest BCUT2D eigenvalue weighted by Crippen LogP contribution is -2.62. The van der Waals surface area contributed by atoms with Crippen LogP contribution in [0.3, 0.4) is 0 Å². The summed E-state index contributed by atoms with van der Waals surface area (Å²) in [6.07, 6.45) is 4.26. The number of hydrogen-bond donors (Lipinski definition) is 2. The average molecular weight is 582 g/mol. The van der Waals surface area contributed by atoms with Gasteiger partial charge in [-0.15, -0.1) is 0 Å². The fraction of sp³-hybridized carbons (Fsp3) is 0.906. The van der Waals surface area contributed by atoms with Crippen molar-refractivity contribution in [3.63, 3.8) is 0 Å². The number of carbonyl (C=O) groups is 3.